The van der Waals surface area contributed by atoms with Gasteiger partial charge >= 0.3 is 0 Å². The predicted molar refractivity (Wildman–Crippen MR) is 47.8 cm³/mol. The molecule has 0 radical (unpaired) electrons. The number of nitrogens with zero attached hydrogens (tertiary/aromatic N) is 2. The second kappa shape index (κ2) is 3.51. The van der Waals surface area contributed by atoms with Crippen molar-refractivity contribution in [2.24, 2.45) is 10.1 Å². The van der Waals surface area contributed by atoms with Gasteiger partial charge in [0.05, 0.1) is 0 Å². The number of nitrogens with two attached hydrogens (primary N) is 1. The monoisotopic (exact) mass is 191 g/mol. The standard InChI is InChI=1S/C6H13N3O2S/c1-8-2-3-9-4-6(5-9)12(7,10)11/h2,6H,3-5H2,1H3,(H2,7,10,11)/b8-2+. The van der Waals surface area contributed by atoms with Crippen molar-refractivity contribution in [2.75, 3.05) is 26.7 Å². The van der Waals surface area contributed by atoms with Crippen molar-refractivity contribution in [3.63, 3.8) is 0 Å². The molecule has 1 fully saturated rings. The summed E-state index contributed by atoms with van der Waals surface area (Å²) >= 11 is 0. The molecule has 0 aromatic carbocycles. The maximum absolute atomic E-state index is 10.8. The van der Waals surface area contributed by atoms with E-state index in [1.165, 1.54) is 0 Å². The molecule has 0 aliphatic carbocycles. The van der Waals surface area contributed by atoms with E-state index in [0.29, 0.717) is 19.6 Å². The van der Waals surface area contributed by atoms with E-state index in [4.69, 9.17) is 5.14 Å². The summed E-state index contributed by atoms with van der Waals surface area (Å²) in [5, 5.41) is 4.57. The highest BCUT2D eigenvalue weighted by atomic mass is 32.2. The SMILES string of the molecule is C/N=C/CN1CC(S(N)(=O)=O)C1. The minimum atomic E-state index is -3.31. The zero-order valence-corrected chi connectivity index (χ0v) is 7.79. The van der Waals surface area contributed by atoms with E-state index < -0.39 is 10.0 Å². The van der Waals surface area contributed by atoms with Gasteiger partial charge in [0.2, 0.25) is 10.0 Å². The average Bonchev–Trinajstić information content (AvgIpc) is 1.81. The van der Waals surface area contributed by atoms with E-state index in [-0.39, 0.29) is 5.25 Å². The van der Waals surface area contributed by atoms with Gasteiger partial charge in [-0.15, -0.1) is 0 Å². The summed E-state index contributed by atoms with van der Waals surface area (Å²) in [6.45, 7) is 1.78. The molecule has 0 spiro atoms. The Balaban J connectivity index is 2.29. The van der Waals surface area contributed by atoms with E-state index in [2.05, 4.69) is 4.99 Å². The molecule has 1 aliphatic rings. The van der Waals surface area contributed by atoms with Gasteiger partial charge in [0, 0.05) is 32.9 Å². The fourth-order valence-corrected chi connectivity index (χ4v) is 1.91. The van der Waals surface area contributed by atoms with Crippen LogP contribution in [0.25, 0.3) is 0 Å². The van der Waals surface area contributed by atoms with E-state index in [9.17, 15) is 8.42 Å². The van der Waals surface area contributed by atoms with E-state index in [1.807, 2.05) is 4.90 Å². The number of aliphatic imine (C=N–C) groups is 1. The predicted octanol–water partition coefficient (Wildman–Crippen LogP) is -1.34. The third-order valence-corrected chi connectivity index (χ3v) is 3.14. The Morgan fingerprint density at radius 3 is 2.67 bits per heavy atom. The maximum atomic E-state index is 10.8. The molecular weight excluding hydrogens is 178 g/mol. The van der Waals surface area contributed by atoms with Crippen LogP contribution >= 0.6 is 0 Å². The summed E-state index contributed by atoms with van der Waals surface area (Å²) in [5.74, 6) is 0. The average molecular weight is 191 g/mol. The Hall–Kier alpha value is -0.460. The number of primary sulfonamides is 1. The molecule has 1 rings (SSSR count). The van der Waals surface area contributed by atoms with E-state index in [1.54, 1.807) is 13.3 Å². The van der Waals surface area contributed by atoms with Crippen LogP contribution in [0, 0.1) is 0 Å². The van der Waals surface area contributed by atoms with Crippen molar-refractivity contribution >= 4 is 16.2 Å². The topological polar surface area (TPSA) is 75.8 Å². The second-order valence-corrected chi connectivity index (χ2v) is 4.72. The molecular formula is C6H13N3O2S. The van der Waals surface area contributed by atoms with Gasteiger partial charge in [-0.2, -0.15) is 0 Å². The molecule has 0 atom stereocenters. The smallest absolute Gasteiger partial charge is 0.214 e. The van der Waals surface area contributed by atoms with E-state index in [0.717, 1.165) is 0 Å². The van der Waals surface area contributed by atoms with Crippen LogP contribution in [0.4, 0.5) is 0 Å². The molecule has 12 heavy (non-hydrogen) atoms. The van der Waals surface area contributed by atoms with Crippen LogP contribution < -0.4 is 5.14 Å². The van der Waals surface area contributed by atoms with Gasteiger partial charge in [-0.25, -0.2) is 13.6 Å². The summed E-state index contributed by atoms with van der Waals surface area (Å²) in [6, 6.07) is 0. The third kappa shape index (κ3) is 2.26. The van der Waals surface area contributed by atoms with Gasteiger partial charge in [0.1, 0.15) is 5.25 Å². The molecule has 5 nitrogen and oxygen atoms in total. The van der Waals surface area contributed by atoms with Gasteiger partial charge in [-0.05, 0) is 0 Å². The Kier molecular flexibility index (Phi) is 2.81. The number of hydrogen-bond donors (Lipinski definition) is 1. The van der Waals surface area contributed by atoms with Crippen molar-refractivity contribution in [2.45, 2.75) is 5.25 Å². The lowest BCUT2D eigenvalue weighted by molar-refractivity contribution is 0.215. The molecule has 0 saturated carbocycles. The Morgan fingerprint density at radius 1 is 1.67 bits per heavy atom. The highest BCUT2D eigenvalue weighted by Gasteiger charge is 2.34. The van der Waals surface area contributed by atoms with Crippen molar-refractivity contribution in [3.05, 3.63) is 0 Å². The van der Waals surface area contributed by atoms with Gasteiger partial charge in [0.25, 0.3) is 0 Å². The highest BCUT2D eigenvalue weighted by molar-refractivity contribution is 7.89. The lowest BCUT2D eigenvalue weighted by Gasteiger charge is -2.36. The first-order valence-electron chi connectivity index (χ1n) is 3.68. The molecule has 0 amide bonds. The van der Waals surface area contributed by atoms with Gasteiger partial charge in [0.15, 0.2) is 0 Å². The molecule has 2 N–H and O–H groups in total. The summed E-state index contributed by atoms with van der Waals surface area (Å²) < 4.78 is 21.5. The summed E-state index contributed by atoms with van der Waals surface area (Å²) in [6.07, 6.45) is 1.75. The fraction of sp³-hybridized carbons (Fsp3) is 0.833. The van der Waals surface area contributed by atoms with Crippen LogP contribution in [0.5, 0.6) is 0 Å². The number of rotatable bonds is 3. The minimum absolute atomic E-state index is 0.372. The van der Waals surface area contributed by atoms with Crippen LogP contribution in [0.2, 0.25) is 0 Å². The second-order valence-electron chi connectivity index (χ2n) is 2.87. The van der Waals surface area contributed by atoms with Crippen LogP contribution in [-0.2, 0) is 10.0 Å². The minimum Gasteiger partial charge on any atom is -0.300 e. The lowest BCUT2D eigenvalue weighted by atomic mass is 10.2. The summed E-state index contributed by atoms with van der Waals surface area (Å²) in [5.41, 5.74) is 0. The molecule has 70 valence electrons. The molecule has 0 bridgehead atoms. The molecule has 1 saturated heterocycles. The Labute approximate surface area is 72.3 Å². The Bertz CT molecular complexity index is 267. The van der Waals surface area contributed by atoms with Crippen molar-refractivity contribution in [1.29, 1.82) is 0 Å². The van der Waals surface area contributed by atoms with Gasteiger partial charge < -0.3 is 0 Å². The molecule has 1 aliphatic heterocycles. The van der Waals surface area contributed by atoms with Gasteiger partial charge in [-0.1, -0.05) is 0 Å². The molecule has 6 heteroatoms. The quantitative estimate of drug-likeness (QED) is 0.561. The molecule has 0 unspecified atom stereocenters. The summed E-state index contributed by atoms with van der Waals surface area (Å²) in [7, 11) is -1.62. The number of sulfonamides is 1. The van der Waals surface area contributed by atoms with Crippen molar-refractivity contribution in [1.82, 2.24) is 4.90 Å². The lowest BCUT2D eigenvalue weighted by Crippen LogP contribution is -2.56. The van der Waals surface area contributed by atoms with E-state index >= 15 is 0 Å². The normalized spacial score (nSPS) is 21.5. The first-order valence-corrected chi connectivity index (χ1v) is 5.29. The summed E-state index contributed by atoms with van der Waals surface area (Å²) in [4.78, 5) is 5.77. The van der Waals surface area contributed by atoms with Crippen LogP contribution in [0.1, 0.15) is 0 Å². The molecule has 0 aromatic heterocycles. The van der Waals surface area contributed by atoms with Crippen LogP contribution in [-0.4, -0.2) is 51.5 Å². The molecule has 0 aromatic rings. The maximum Gasteiger partial charge on any atom is 0.214 e. The Morgan fingerprint density at radius 2 is 2.25 bits per heavy atom. The third-order valence-electron chi connectivity index (χ3n) is 1.91. The van der Waals surface area contributed by atoms with Crippen LogP contribution in [0.3, 0.4) is 0 Å². The zero-order valence-electron chi connectivity index (χ0n) is 6.97. The zero-order chi connectivity index (χ0) is 9.19. The number of hydrogen-bond acceptors (Lipinski definition) is 4. The first kappa shape index (κ1) is 9.63. The van der Waals surface area contributed by atoms with Crippen molar-refractivity contribution in [3.8, 4) is 0 Å². The largest absolute Gasteiger partial charge is 0.300 e. The van der Waals surface area contributed by atoms with Gasteiger partial charge in [-0.3, -0.25) is 9.89 Å². The van der Waals surface area contributed by atoms with Crippen molar-refractivity contribution < 1.29 is 8.42 Å². The first-order chi connectivity index (χ1) is 5.54. The highest BCUT2D eigenvalue weighted by Crippen LogP contribution is 2.12. The number of likely N-dealkylation sites (tertiary alicyclic amines) is 1. The van der Waals surface area contributed by atoms with Crippen LogP contribution in [0.15, 0.2) is 4.99 Å². The fourth-order valence-electron chi connectivity index (χ4n) is 1.08. The molecule has 1 heterocycles.